The Balaban J connectivity index is 0.000000136. The van der Waals surface area contributed by atoms with E-state index in [1.807, 2.05) is 0 Å². The molecule has 2 nitrogen and oxygen atoms in total. The zero-order chi connectivity index (χ0) is 69.8. The second-order valence-corrected chi connectivity index (χ2v) is 28.1. The summed E-state index contributed by atoms with van der Waals surface area (Å²) in [6.07, 6.45) is 0. The Morgan fingerprint density at radius 3 is 0.887 bits per heavy atom. The van der Waals surface area contributed by atoms with Crippen LogP contribution in [0.2, 0.25) is 0 Å². The van der Waals surface area contributed by atoms with Crippen LogP contribution in [0.3, 0.4) is 0 Å². The normalized spacial score (nSPS) is 11.8. The summed E-state index contributed by atoms with van der Waals surface area (Å²) in [6.45, 7) is 0. The summed E-state index contributed by atoms with van der Waals surface area (Å²) in [4.78, 5) is 0. The predicted molar refractivity (Wildman–Crippen MR) is 454 cm³/mol. The topological polar surface area (TPSA) is 9.86 Å². The fraction of sp³-hybridized carbons (Fsp3) is 0. The number of hydrogen-bond donors (Lipinski definition) is 0. The number of nitrogens with zero attached hydrogens (tertiary/aromatic N) is 2. The van der Waals surface area contributed by atoms with Crippen molar-refractivity contribution in [2.24, 2.45) is 0 Å². The first-order valence-electron chi connectivity index (χ1n) is 36.7. The molecule has 2 heteroatoms. The average molecular weight is 1340 g/mol. The Morgan fingerprint density at radius 1 is 0.132 bits per heavy atom. The van der Waals surface area contributed by atoms with E-state index in [9.17, 15) is 0 Å². The SMILES string of the molecule is c1ccc(-c2c3ccccc3c(-c3ccc(-c4ccc5c(c4)c4c6cc7ccccc7cc6ccc4n5-c4ccccc4)cc3)c3ccccc23)cc1.c1ccc(-c2c3ccccc3c(-c3ccccc3)c3cc(-c4ccc(-n5c6ccccc6c6c7cc8ccccc8cc7ccc65)cc4)ccc23)cc1. The van der Waals surface area contributed by atoms with Crippen LogP contribution in [0.4, 0.5) is 0 Å². The van der Waals surface area contributed by atoms with E-state index in [0.29, 0.717) is 0 Å². The molecule has 2 heterocycles. The first kappa shape index (κ1) is 60.8. The van der Waals surface area contributed by atoms with E-state index in [1.165, 1.54) is 202 Å². The van der Waals surface area contributed by atoms with Crippen LogP contribution in [0, 0.1) is 0 Å². The van der Waals surface area contributed by atoms with Gasteiger partial charge in [-0.25, -0.2) is 0 Å². The summed E-state index contributed by atoms with van der Waals surface area (Å²) in [5, 5.41) is 25.5. The van der Waals surface area contributed by atoms with E-state index in [0.717, 1.165) is 5.69 Å². The number of rotatable bonds is 8. The minimum Gasteiger partial charge on any atom is -0.309 e. The number of para-hydroxylation sites is 2. The lowest BCUT2D eigenvalue weighted by atomic mass is 9.85. The first-order valence-corrected chi connectivity index (χ1v) is 36.7. The fourth-order valence-electron chi connectivity index (χ4n) is 17.5. The Morgan fingerprint density at radius 2 is 0.425 bits per heavy atom. The van der Waals surface area contributed by atoms with Crippen molar-refractivity contribution in [2.75, 3.05) is 0 Å². The molecule has 0 atom stereocenters. The molecule has 0 unspecified atom stereocenters. The van der Waals surface area contributed by atoms with Crippen molar-refractivity contribution in [3.8, 4) is 78.1 Å². The Hall–Kier alpha value is -13.9. The van der Waals surface area contributed by atoms with Crippen molar-refractivity contribution >= 4 is 130 Å². The summed E-state index contributed by atoms with van der Waals surface area (Å²) in [6, 6.07) is 147. The highest BCUT2D eigenvalue weighted by molar-refractivity contribution is 6.27. The molecule has 492 valence electrons. The molecule has 22 aromatic rings. The van der Waals surface area contributed by atoms with Crippen LogP contribution in [-0.2, 0) is 0 Å². The molecule has 0 fully saturated rings. The highest BCUT2D eigenvalue weighted by Crippen LogP contribution is 2.48. The molecule has 0 aliphatic carbocycles. The van der Waals surface area contributed by atoms with Crippen LogP contribution >= 0.6 is 0 Å². The standard InChI is InChI=1S/2C52H33N/c1-3-13-35(14-4-1)50-42-19-9-11-21-44(42)51(45-22-12-10-20-43(45)50)36-25-23-34(24-26-36)39-27-29-48-47(33-39)52-46-32-38-16-8-7-15-37(38)31-40(46)28-30-49(52)53(48)41-17-5-2-6-18-41;1-3-13-35(14-4-1)50-42-19-9-10-20-43(42)51(36-15-5-2-6-16-36)47-33-39(25-29-44(47)50)34-23-27-41(28-24-34)53-48-22-12-11-21-45(48)52-46-32-38-18-8-7-17-37(38)31-40(46)26-30-49(52)53/h2*1-33H. The molecule has 0 bridgehead atoms. The number of hydrogen-bond acceptors (Lipinski definition) is 0. The maximum atomic E-state index is 2.43. The van der Waals surface area contributed by atoms with Crippen molar-refractivity contribution in [3.63, 3.8) is 0 Å². The zero-order valence-corrected chi connectivity index (χ0v) is 58.0. The fourth-order valence-corrected chi connectivity index (χ4v) is 17.5. The zero-order valence-electron chi connectivity index (χ0n) is 58.0. The lowest BCUT2D eigenvalue weighted by Crippen LogP contribution is -1.94. The molecule has 0 N–H and O–H groups in total. The van der Waals surface area contributed by atoms with Crippen molar-refractivity contribution in [1.29, 1.82) is 0 Å². The van der Waals surface area contributed by atoms with Crippen LogP contribution < -0.4 is 0 Å². The van der Waals surface area contributed by atoms with Crippen LogP contribution in [0.5, 0.6) is 0 Å². The molecule has 0 spiro atoms. The van der Waals surface area contributed by atoms with Gasteiger partial charge in [0.15, 0.2) is 0 Å². The molecule has 0 aliphatic rings. The minimum atomic E-state index is 1.16. The van der Waals surface area contributed by atoms with Crippen LogP contribution in [0.1, 0.15) is 0 Å². The van der Waals surface area contributed by atoms with Crippen molar-refractivity contribution in [1.82, 2.24) is 9.13 Å². The summed E-state index contributed by atoms with van der Waals surface area (Å²) in [5.74, 6) is 0. The van der Waals surface area contributed by atoms with Crippen molar-refractivity contribution < 1.29 is 0 Å². The average Bonchev–Trinajstić information content (AvgIpc) is 1.58. The predicted octanol–water partition coefficient (Wildman–Crippen LogP) is 28.8. The number of aromatic nitrogens is 2. The molecular formula is C104H66N2. The Kier molecular flexibility index (Phi) is 14.3. The molecule has 22 rings (SSSR count). The Labute approximate surface area is 613 Å². The molecule has 0 amide bonds. The minimum absolute atomic E-state index is 1.16. The highest BCUT2D eigenvalue weighted by atomic mass is 15.0. The van der Waals surface area contributed by atoms with Gasteiger partial charge >= 0.3 is 0 Å². The van der Waals surface area contributed by atoms with Crippen LogP contribution in [0.25, 0.3) is 208 Å². The Bertz CT molecular complexity index is 7200. The van der Waals surface area contributed by atoms with E-state index in [2.05, 4.69) is 410 Å². The van der Waals surface area contributed by atoms with Gasteiger partial charge in [0.2, 0.25) is 0 Å². The van der Waals surface area contributed by atoms with Gasteiger partial charge in [-0.15, -0.1) is 0 Å². The lowest BCUT2D eigenvalue weighted by Gasteiger charge is -2.19. The summed E-state index contributed by atoms with van der Waals surface area (Å²) >= 11 is 0. The summed E-state index contributed by atoms with van der Waals surface area (Å²) in [5.41, 5.74) is 22.1. The molecule has 0 radical (unpaired) electrons. The largest absolute Gasteiger partial charge is 0.309 e. The van der Waals surface area contributed by atoms with Gasteiger partial charge in [0.05, 0.1) is 22.1 Å². The van der Waals surface area contributed by atoms with Crippen LogP contribution in [-0.4, -0.2) is 9.13 Å². The monoisotopic (exact) mass is 1340 g/mol. The lowest BCUT2D eigenvalue weighted by molar-refractivity contribution is 1.18. The smallest absolute Gasteiger partial charge is 0.0547 e. The van der Waals surface area contributed by atoms with E-state index < -0.39 is 0 Å². The van der Waals surface area contributed by atoms with E-state index >= 15 is 0 Å². The van der Waals surface area contributed by atoms with Gasteiger partial charge in [-0.2, -0.15) is 0 Å². The van der Waals surface area contributed by atoms with E-state index in [1.54, 1.807) is 0 Å². The molecule has 20 aromatic carbocycles. The molecule has 0 saturated carbocycles. The van der Waals surface area contributed by atoms with Gasteiger partial charge < -0.3 is 9.13 Å². The molecular weight excluding hydrogens is 1280 g/mol. The van der Waals surface area contributed by atoms with Crippen molar-refractivity contribution in [2.45, 2.75) is 0 Å². The van der Waals surface area contributed by atoms with Gasteiger partial charge in [-0.05, 0) is 238 Å². The van der Waals surface area contributed by atoms with Crippen LogP contribution in [0.15, 0.2) is 400 Å². The maximum Gasteiger partial charge on any atom is 0.0547 e. The molecule has 0 aliphatic heterocycles. The second-order valence-electron chi connectivity index (χ2n) is 28.1. The van der Waals surface area contributed by atoms with Gasteiger partial charge in [0.25, 0.3) is 0 Å². The first-order chi connectivity index (χ1) is 52.6. The second kappa shape index (κ2) is 25.0. The van der Waals surface area contributed by atoms with E-state index in [4.69, 9.17) is 0 Å². The van der Waals surface area contributed by atoms with Gasteiger partial charge in [0, 0.05) is 32.9 Å². The van der Waals surface area contributed by atoms with Crippen molar-refractivity contribution in [3.05, 3.63) is 400 Å². The van der Waals surface area contributed by atoms with Gasteiger partial charge in [-0.3, -0.25) is 0 Å². The number of fused-ring (bicyclic) bond motifs is 16. The third kappa shape index (κ3) is 9.95. The van der Waals surface area contributed by atoms with E-state index in [-0.39, 0.29) is 0 Å². The third-order valence-electron chi connectivity index (χ3n) is 22.3. The summed E-state index contributed by atoms with van der Waals surface area (Å²) in [7, 11) is 0. The quantitative estimate of drug-likeness (QED) is 0.134. The number of benzene rings is 20. The third-order valence-corrected chi connectivity index (χ3v) is 22.3. The van der Waals surface area contributed by atoms with Gasteiger partial charge in [0.1, 0.15) is 0 Å². The van der Waals surface area contributed by atoms with Gasteiger partial charge in [-0.1, -0.05) is 315 Å². The molecule has 106 heavy (non-hydrogen) atoms. The summed E-state index contributed by atoms with van der Waals surface area (Å²) < 4.78 is 4.84. The highest BCUT2D eigenvalue weighted by Gasteiger charge is 2.22. The maximum absolute atomic E-state index is 2.43. The molecule has 0 saturated heterocycles. The molecule has 2 aromatic heterocycles.